The van der Waals surface area contributed by atoms with E-state index in [0.717, 1.165) is 28.8 Å². The van der Waals surface area contributed by atoms with Crippen LogP contribution in [0.2, 0.25) is 0 Å². The molecular formula is C23H25N3O2. The van der Waals surface area contributed by atoms with E-state index in [-0.39, 0.29) is 11.8 Å². The zero-order valence-electron chi connectivity index (χ0n) is 16.3. The van der Waals surface area contributed by atoms with Gasteiger partial charge in [-0.2, -0.15) is 0 Å². The molecule has 28 heavy (non-hydrogen) atoms. The van der Waals surface area contributed by atoms with Gasteiger partial charge in [0.05, 0.1) is 0 Å². The fraction of sp³-hybridized carbons (Fsp3) is 0.304. The molecule has 1 heterocycles. The minimum absolute atomic E-state index is 0.172. The lowest BCUT2D eigenvalue weighted by molar-refractivity contribution is -0.134. The fourth-order valence-corrected chi connectivity index (χ4v) is 3.80. The highest BCUT2D eigenvalue weighted by Crippen LogP contribution is 2.46. The molecule has 2 amide bonds. The number of H-pyrrole nitrogens is 1. The van der Waals surface area contributed by atoms with E-state index in [1.807, 2.05) is 50.4 Å². The van der Waals surface area contributed by atoms with E-state index >= 15 is 0 Å². The first-order chi connectivity index (χ1) is 13.5. The first kappa shape index (κ1) is 18.3. The smallest absolute Gasteiger partial charge is 0.240 e. The Kier molecular flexibility index (Phi) is 4.67. The summed E-state index contributed by atoms with van der Waals surface area (Å²) in [5, 5.41) is 7.07. The maximum absolute atomic E-state index is 12.8. The summed E-state index contributed by atoms with van der Waals surface area (Å²) in [7, 11) is 0. The van der Waals surface area contributed by atoms with E-state index in [4.69, 9.17) is 0 Å². The zero-order valence-corrected chi connectivity index (χ0v) is 16.3. The van der Waals surface area contributed by atoms with E-state index in [9.17, 15) is 9.59 Å². The highest BCUT2D eigenvalue weighted by atomic mass is 16.2. The highest BCUT2D eigenvalue weighted by Gasteiger charge is 2.56. The molecule has 1 aromatic heterocycles. The highest BCUT2D eigenvalue weighted by molar-refractivity contribution is 6.13. The normalized spacial score (nSPS) is 14.6. The molecule has 0 saturated heterocycles. The standard InChI is InChI=1S/C23H25N3O2/c1-15-11-16(2)13-18(12-15)26-22(28)23(8-9-23)21(27)24-10-7-17-14-25-20-6-4-3-5-19(17)20/h3-6,11-14,25H,7-10H2,1-2H3,(H,24,27)(H,26,28). The van der Waals surface area contributed by atoms with Crippen molar-refractivity contribution in [3.8, 4) is 0 Å². The third-order valence-electron chi connectivity index (χ3n) is 5.45. The Hall–Kier alpha value is -3.08. The molecule has 0 spiro atoms. The Balaban J connectivity index is 1.36. The molecule has 144 valence electrons. The summed E-state index contributed by atoms with van der Waals surface area (Å²) in [4.78, 5) is 28.7. The van der Waals surface area contributed by atoms with Crippen LogP contribution >= 0.6 is 0 Å². The Morgan fingerprint density at radius 3 is 2.46 bits per heavy atom. The van der Waals surface area contributed by atoms with E-state index in [1.165, 1.54) is 10.9 Å². The molecule has 0 radical (unpaired) electrons. The Bertz CT molecular complexity index is 1030. The van der Waals surface area contributed by atoms with Crippen LogP contribution < -0.4 is 10.6 Å². The van der Waals surface area contributed by atoms with Crippen LogP contribution in [-0.2, 0) is 16.0 Å². The number of carbonyl (C=O) groups is 2. The molecule has 0 bridgehead atoms. The Morgan fingerprint density at radius 1 is 1.04 bits per heavy atom. The molecule has 0 atom stereocenters. The second-order valence-electron chi connectivity index (χ2n) is 7.78. The summed E-state index contributed by atoms with van der Waals surface area (Å²) in [5.41, 5.74) is 4.26. The van der Waals surface area contributed by atoms with Gasteiger partial charge in [0.1, 0.15) is 5.41 Å². The SMILES string of the molecule is Cc1cc(C)cc(NC(=O)C2(C(=O)NCCc3c[nH]c4ccccc34)CC2)c1. The molecule has 1 saturated carbocycles. The maximum atomic E-state index is 12.8. The lowest BCUT2D eigenvalue weighted by Gasteiger charge is -2.16. The molecule has 5 heteroatoms. The predicted molar refractivity (Wildman–Crippen MR) is 111 cm³/mol. The third-order valence-corrected chi connectivity index (χ3v) is 5.45. The summed E-state index contributed by atoms with van der Waals surface area (Å²) in [5.74, 6) is -0.378. The van der Waals surface area contributed by atoms with Crippen LogP contribution in [0, 0.1) is 19.3 Å². The summed E-state index contributed by atoms with van der Waals surface area (Å²) in [6.07, 6.45) is 3.91. The van der Waals surface area contributed by atoms with Crippen molar-refractivity contribution in [2.75, 3.05) is 11.9 Å². The quantitative estimate of drug-likeness (QED) is 0.572. The van der Waals surface area contributed by atoms with Gasteiger partial charge in [0.25, 0.3) is 0 Å². The Labute approximate surface area is 164 Å². The van der Waals surface area contributed by atoms with Gasteiger partial charge in [-0.25, -0.2) is 0 Å². The number of hydrogen-bond donors (Lipinski definition) is 3. The fourth-order valence-electron chi connectivity index (χ4n) is 3.80. The van der Waals surface area contributed by atoms with Gasteiger partial charge >= 0.3 is 0 Å². The number of aromatic nitrogens is 1. The van der Waals surface area contributed by atoms with Crippen LogP contribution in [0.5, 0.6) is 0 Å². The monoisotopic (exact) mass is 375 g/mol. The number of rotatable bonds is 6. The number of carbonyl (C=O) groups excluding carboxylic acids is 2. The first-order valence-electron chi connectivity index (χ1n) is 9.71. The van der Waals surface area contributed by atoms with Crippen molar-refractivity contribution in [1.29, 1.82) is 0 Å². The summed E-state index contributed by atoms with van der Waals surface area (Å²) in [6, 6.07) is 14.0. The summed E-state index contributed by atoms with van der Waals surface area (Å²) in [6.45, 7) is 4.50. The van der Waals surface area contributed by atoms with Crippen molar-refractivity contribution in [3.05, 3.63) is 65.4 Å². The van der Waals surface area contributed by atoms with Gasteiger partial charge in [-0.05, 0) is 68.0 Å². The zero-order chi connectivity index (χ0) is 19.7. The van der Waals surface area contributed by atoms with Gasteiger partial charge in [-0.15, -0.1) is 0 Å². The largest absolute Gasteiger partial charge is 0.361 e. The van der Waals surface area contributed by atoms with Gasteiger partial charge in [0.2, 0.25) is 11.8 Å². The van der Waals surface area contributed by atoms with Crippen molar-refractivity contribution in [1.82, 2.24) is 10.3 Å². The Morgan fingerprint density at radius 2 is 1.75 bits per heavy atom. The minimum atomic E-state index is -0.919. The van der Waals surface area contributed by atoms with Gasteiger partial charge in [0.15, 0.2) is 0 Å². The molecule has 4 rings (SSSR count). The lowest BCUT2D eigenvalue weighted by Crippen LogP contribution is -2.40. The number of fused-ring (bicyclic) bond motifs is 1. The average molecular weight is 375 g/mol. The van der Waals surface area contributed by atoms with Crippen LogP contribution in [0.1, 0.15) is 29.5 Å². The van der Waals surface area contributed by atoms with Gasteiger partial charge in [-0.3, -0.25) is 9.59 Å². The molecule has 5 nitrogen and oxygen atoms in total. The third kappa shape index (κ3) is 3.52. The van der Waals surface area contributed by atoms with Crippen molar-refractivity contribution < 1.29 is 9.59 Å². The molecule has 1 aliphatic carbocycles. The van der Waals surface area contributed by atoms with Crippen LogP contribution in [0.25, 0.3) is 10.9 Å². The van der Waals surface area contributed by atoms with Crippen LogP contribution in [0.3, 0.4) is 0 Å². The summed E-state index contributed by atoms with van der Waals surface area (Å²) >= 11 is 0. The molecule has 2 aromatic carbocycles. The van der Waals surface area contributed by atoms with E-state index in [1.54, 1.807) is 0 Å². The van der Waals surface area contributed by atoms with E-state index in [0.29, 0.717) is 19.4 Å². The second kappa shape index (κ2) is 7.15. The van der Waals surface area contributed by atoms with Crippen LogP contribution in [-0.4, -0.2) is 23.3 Å². The number of anilines is 1. The van der Waals surface area contributed by atoms with Crippen molar-refractivity contribution in [2.24, 2.45) is 5.41 Å². The topological polar surface area (TPSA) is 74.0 Å². The summed E-state index contributed by atoms with van der Waals surface area (Å²) < 4.78 is 0. The van der Waals surface area contributed by atoms with E-state index < -0.39 is 5.41 Å². The maximum Gasteiger partial charge on any atom is 0.240 e. The molecule has 1 aliphatic rings. The van der Waals surface area contributed by atoms with Gasteiger partial charge < -0.3 is 15.6 Å². The number of hydrogen-bond acceptors (Lipinski definition) is 2. The molecule has 3 aromatic rings. The number of amides is 2. The minimum Gasteiger partial charge on any atom is -0.361 e. The molecule has 3 N–H and O–H groups in total. The van der Waals surface area contributed by atoms with Gasteiger partial charge in [-0.1, -0.05) is 24.3 Å². The van der Waals surface area contributed by atoms with E-state index in [2.05, 4.69) is 27.8 Å². The average Bonchev–Trinajstić information content (AvgIpc) is 3.37. The number of benzene rings is 2. The molecular weight excluding hydrogens is 350 g/mol. The molecule has 0 aliphatic heterocycles. The lowest BCUT2D eigenvalue weighted by atomic mass is 10.0. The predicted octanol–water partition coefficient (Wildman–Crippen LogP) is 3.86. The van der Waals surface area contributed by atoms with Crippen molar-refractivity contribution in [3.63, 3.8) is 0 Å². The number of para-hydroxylation sites is 1. The van der Waals surface area contributed by atoms with Gasteiger partial charge in [0, 0.05) is 29.3 Å². The first-order valence-corrected chi connectivity index (χ1v) is 9.71. The van der Waals surface area contributed by atoms with Crippen LogP contribution in [0.4, 0.5) is 5.69 Å². The molecule has 0 unspecified atom stereocenters. The molecule has 1 fully saturated rings. The number of nitrogens with one attached hydrogen (secondary N) is 3. The van der Waals surface area contributed by atoms with Crippen molar-refractivity contribution in [2.45, 2.75) is 33.1 Å². The second-order valence-corrected chi connectivity index (χ2v) is 7.78. The number of aryl methyl sites for hydroxylation is 2. The van der Waals surface area contributed by atoms with Crippen molar-refractivity contribution >= 4 is 28.4 Å². The van der Waals surface area contributed by atoms with Crippen LogP contribution in [0.15, 0.2) is 48.7 Å². The number of aromatic amines is 1.